The van der Waals surface area contributed by atoms with E-state index in [4.69, 9.17) is 10.2 Å². The molecule has 0 bridgehead atoms. The van der Waals surface area contributed by atoms with Gasteiger partial charge in [0.05, 0.1) is 0 Å². The Bertz CT molecular complexity index is 3220. The van der Waals surface area contributed by atoms with Gasteiger partial charge in [-0.3, -0.25) is 0 Å². The zero-order chi connectivity index (χ0) is 38.7. The molecule has 58 heavy (non-hydrogen) atoms. The molecule has 0 saturated carbocycles. The fourth-order valence-corrected chi connectivity index (χ4v) is 10.3. The Balaban J connectivity index is 1.24. The van der Waals surface area contributed by atoms with Crippen molar-refractivity contribution in [2.75, 3.05) is 0 Å². The minimum Gasteiger partial charge on any atom is -0.135 e. The third-order valence-corrected chi connectivity index (χ3v) is 13.2. The van der Waals surface area contributed by atoms with Crippen molar-refractivity contribution in [1.29, 1.82) is 0 Å². The number of benzene rings is 8. The number of aromatic nitrogens is 3. The molecular weight excluding hydrogens is 723 g/mol. The first kappa shape index (κ1) is 34.3. The number of thiophene rings is 1. The van der Waals surface area contributed by atoms with Crippen molar-refractivity contribution < 1.29 is 0 Å². The molecule has 0 fully saturated rings. The van der Waals surface area contributed by atoms with E-state index >= 15 is 0 Å². The van der Waals surface area contributed by atoms with E-state index in [9.17, 15) is 0 Å². The van der Waals surface area contributed by atoms with E-state index in [0.717, 1.165) is 45.6 Å². The smallest absolute Gasteiger partial charge is 0.105 e. The lowest BCUT2D eigenvalue weighted by Crippen LogP contribution is -2.04. The van der Waals surface area contributed by atoms with Crippen LogP contribution in [0.15, 0.2) is 176 Å². The average molecular weight is 760 g/mol. The first-order chi connectivity index (χ1) is 28.6. The van der Waals surface area contributed by atoms with Crippen molar-refractivity contribution in [1.82, 2.24) is 15.4 Å². The number of hydrogen-bond donors (Lipinski definition) is 0. The summed E-state index contributed by atoms with van der Waals surface area (Å²) in [5.41, 5.74) is 20.7. The number of fused-ring (bicyclic) bond motifs is 6. The van der Waals surface area contributed by atoms with Gasteiger partial charge in [0.25, 0.3) is 0 Å². The quantitative estimate of drug-likeness (QED) is 0.169. The molecule has 11 rings (SSSR count). The monoisotopic (exact) mass is 759 g/mol. The summed E-state index contributed by atoms with van der Waals surface area (Å²) >= 11 is 1.85. The van der Waals surface area contributed by atoms with Crippen molar-refractivity contribution in [3.63, 3.8) is 0 Å². The van der Waals surface area contributed by atoms with Gasteiger partial charge in [0.15, 0.2) is 0 Å². The van der Waals surface area contributed by atoms with Gasteiger partial charge in [0.2, 0.25) is 0 Å². The van der Waals surface area contributed by atoms with Crippen molar-refractivity contribution in [2.45, 2.75) is 20.3 Å². The fourth-order valence-electron chi connectivity index (χ4n) is 9.19. The summed E-state index contributed by atoms with van der Waals surface area (Å²) in [5.74, 6) is 0. The fraction of sp³-hybridized carbons (Fsp3) is 0.0556. The molecule has 1 aliphatic carbocycles. The van der Waals surface area contributed by atoms with E-state index in [1.807, 2.05) is 11.3 Å². The molecule has 1 aliphatic rings. The zero-order valence-corrected chi connectivity index (χ0v) is 33.0. The number of hydrogen-bond acceptors (Lipinski definition) is 4. The summed E-state index contributed by atoms with van der Waals surface area (Å²) in [6.07, 6.45) is 0.892. The van der Waals surface area contributed by atoms with E-state index in [2.05, 4.69) is 195 Å². The third-order valence-electron chi connectivity index (χ3n) is 12.0. The molecular formula is C54H37N3S. The molecule has 2 heterocycles. The summed E-state index contributed by atoms with van der Waals surface area (Å²) in [4.78, 5) is 0. The highest BCUT2D eigenvalue weighted by atomic mass is 32.1. The van der Waals surface area contributed by atoms with Gasteiger partial charge in [-0.15, -0.1) is 21.5 Å². The van der Waals surface area contributed by atoms with Crippen molar-refractivity contribution in [3.8, 4) is 78.1 Å². The number of nitrogens with zero attached hydrogens (tertiary/aromatic N) is 3. The van der Waals surface area contributed by atoms with Crippen LogP contribution in [0.25, 0.3) is 98.3 Å². The molecule has 0 unspecified atom stereocenters. The summed E-state index contributed by atoms with van der Waals surface area (Å²) in [6, 6.07) is 63.5. The van der Waals surface area contributed by atoms with E-state index in [1.165, 1.54) is 81.4 Å². The van der Waals surface area contributed by atoms with Gasteiger partial charge in [-0.2, -0.15) is 0 Å². The molecule has 0 radical (unpaired) electrons. The SMILES string of the molecule is Cc1ccc(-c2c(-c3ccccc3)nnnc2-c2ccccc2-c2c(-c3ccccc3)ccc3sc4ccccc4c23)c(-c2cccc3c2Cc2ccccc2-3)c1C. The molecule has 0 saturated heterocycles. The Labute approximate surface area is 342 Å². The summed E-state index contributed by atoms with van der Waals surface area (Å²) in [6.45, 7) is 4.48. The Morgan fingerprint density at radius 3 is 1.88 bits per heavy atom. The topological polar surface area (TPSA) is 38.7 Å². The largest absolute Gasteiger partial charge is 0.135 e. The predicted molar refractivity (Wildman–Crippen MR) is 243 cm³/mol. The molecule has 8 aromatic carbocycles. The minimum absolute atomic E-state index is 0.806. The predicted octanol–water partition coefficient (Wildman–Crippen LogP) is 14.4. The van der Waals surface area contributed by atoms with Crippen LogP contribution in [0, 0.1) is 13.8 Å². The van der Waals surface area contributed by atoms with Crippen molar-refractivity contribution >= 4 is 31.5 Å². The maximum Gasteiger partial charge on any atom is 0.105 e. The summed E-state index contributed by atoms with van der Waals surface area (Å²) in [5, 5.41) is 17.0. The number of aryl methyl sites for hydroxylation is 1. The molecule has 0 atom stereocenters. The first-order valence-electron chi connectivity index (χ1n) is 19.8. The maximum atomic E-state index is 5.06. The van der Waals surface area contributed by atoms with E-state index in [-0.39, 0.29) is 0 Å². The highest BCUT2D eigenvalue weighted by Gasteiger charge is 2.28. The van der Waals surface area contributed by atoms with Crippen molar-refractivity contribution in [3.05, 3.63) is 198 Å². The summed E-state index contributed by atoms with van der Waals surface area (Å²) < 4.78 is 2.53. The van der Waals surface area contributed by atoms with Crippen LogP contribution in [0.4, 0.5) is 0 Å². The number of rotatable bonds is 6. The van der Waals surface area contributed by atoms with Crippen LogP contribution in [0.5, 0.6) is 0 Å². The zero-order valence-electron chi connectivity index (χ0n) is 32.2. The third kappa shape index (κ3) is 5.44. The van der Waals surface area contributed by atoms with Gasteiger partial charge < -0.3 is 0 Å². The highest BCUT2D eigenvalue weighted by Crippen LogP contribution is 2.51. The highest BCUT2D eigenvalue weighted by molar-refractivity contribution is 7.26. The van der Waals surface area contributed by atoms with Crippen molar-refractivity contribution in [2.24, 2.45) is 0 Å². The molecule has 4 heteroatoms. The molecule has 274 valence electrons. The second-order valence-corrected chi connectivity index (χ2v) is 16.3. The van der Waals surface area contributed by atoms with Crippen LogP contribution in [0.1, 0.15) is 22.3 Å². The Morgan fingerprint density at radius 1 is 0.414 bits per heavy atom. The van der Waals surface area contributed by atoms with E-state index in [1.54, 1.807) is 0 Å². The second kappa shape index (κ2) is 13.9. The van der Waals surface area contributed by atoms with Crippen LogP contribution in [0.3, 0.4) is 0 Å². The Hall–Kier alpha value is -7.01. The van der Waals surface area contributed by atoms with Crippen LogP contribution >= 0.6 is 11.3 Å². The molecule has 10 aromatic rings. The Morgan fingerprint density at radius 2 is 1.05 bits per heavy atom. The molecule has 3 nitrogen and oxygen atoms in total. The lowest BCUT2D eigenvalue weighted by atomic mass is 9.82. The standard InChI is InChI=1S/C54H37N3S/c1-33-28-29-45(49(34(33)2)42-26-15-25-40-38-21-10-9-20-37(38)32-46(40)42)52-53(36-18-7-4-8-19-36)55-57-56-54(52)43-23-12-11-22-41(43)50-39(35-16-5-3-6-17-35)30-31-48-51(50)44-24-13-14-27-47(44)58-48/h3-31H,32H2,1-2H3. The first-order valence-corrected chi connectivity index (χ1v) is 20.6. The van der Waals surface area contributed by atoms with E-state index in [0.29, 0.717) is 0 Å². The minimum atomic E-state index is 0.806. The van der Waals surface area contributed by atoms with Crippen LogP contribution in [0.2, 0.25) is 0 Å². The van der Waals surface area contributed by atoms with Gasteiger partial charge in [-0.1, -0.05) is 164 Å². The maximum absolute atomic E-state index is 5.06. The van der Waals surface area contributed by atoms with E-state index < -0.39 is 0 Å². The van der Waals surface area contributed by atoms with Crippen LogP contribution in [-0.2, 0) is 6.42 Å². The molecule has 2 aromatic heterocycles. The Kier molecular flexibility index (Phi) is 8.19. The molecule has 0 spiro atoms. The molecule has 0 aliphatic heterocycles. The van der Waals surface area contributed by atoms with Gasteiger partial charge in [0, 0.05) is 36.9 Å². The second-order valence-electron chi connectivity index (χ2n) is 15.2. The van der Waals surface area contributed by atoms with Crippen LogP contribution in [-0.4, -0.2) is 15.4 Å². The summed E-state index contributed by atoms with van der Waals surface area (Å²) in [7, 11) is 0. The molecule has 0 amide bonds. The van der Waals surface area contributed by atoms with Gasteiger partial charge in [-0.05, 0) is 110 Å². The average Bonchev–Trinajstić information content (AvgIpc) is 3.86. The van der Waals surface area contributed by atoms with Gasteiger partial charge in [-0.25, -0.2) is 0 Å². The van der Waals surface area contributed by atoms with Gasteiger partial charge >= 0.3 is 0 Å². The lowest BCUT2D eigenvalue weighted by molar-refractivity contribution is 0.879. The lowest BCUT2D eigenvalue weighted by Gasteiger charge is -2.22. The molecule has 0 N–H and O–H groups in total. The van der Waals surface area contributed by atoms with Gasteiger partial charge in [0.1, 0.15) is 11.4 Å². The normalized spacial score (nSPS) is 11.9. The van der Waals surface area contributed by atoms with Crippen LogP contribution < -0.4 is 0 Å².